The lowest BCUT2D eigenvalue weighted by atomic mass is 9.84. The van der Waals surface area contributed by atoms with E-state index in [1.54, 1.807) is 46.6 Å². The molecule has 29 heavy (non-hydrogen) atoms. The van der Waals surface area contributed by atoms with Gasteiger partial charge in [0.15, 0.2) is 0 Å². The normalized spacial score (nSPS) is 16.7. The zero-order chi connectivity index (χ0) is 22.2. The molecule has 0 saturated carbocycles. The minimum Gasteiger partial charge on any atom is -0.491 e. The largest absolute Gasteiger partial charge is 0.491 e. The van der Waals surface area contributed by atoms with Crippen LogP contribution in [0.3, 0.4) is 0 Å². The zero-order valence-electron chi connectivity index (χ0n) is 18.0. The highest BCUT2D eigenvalue weighted by Gasteiger charge is 2.43. The van der Waals surface area contributed by atoms with Gasteiger partial charge >= 0.3 is 11.9 Å². The van der Waals surface area contributed by atoms with Crippen molar-refractivity contribution >= 4 is 23.5 Å². The standard InChI is InChI=1S/C21H29ClFNO5/c1-19(2,3)18(26)29-24-10-21(7,11-24)12-27-16-9-15(23)13(8-14(16)22)17(25)28-20(4,5)6/h8-9H,10-12H2,1-7H3. The van der Waals surface area contributed by atoms with E-state index < -0.39 is 22.8 Å². The maximum Gasteiger partial charge on any atom is 0.341 e. The van der Waals surface area contributed by atoms with E-state index >= 15 is 0 Å². The van der Waals surface area contributed by atoms with Gasteiger partial charge in [0.25, 0.3) is 0 Å². The fraction of sp³-hybridized carbons (Fsp3) is 0.619. The molecule has 0 amide bonds. The first-order valence-corrected chi connectivity index (χ1v) is 9.80. The molecular formula is C21H29ClFNO5. The van der Waals surface area contributed by atoms with E-state index in [-0.39, 0.29) is 34.3 Å². The third-order valence-corrected chi connectivity index (χ3v) is 4.45. The van der Waals surface area contributed by atoms with Gasteiger partial charge < -0.3 is 14.3 Å². The quantitative estimate of drug-likeness (QED) is 0.635. The Morgan fingerprint density at radius 2 is 1.76 bits per heavy atom. The van der Waals surface area contributed by atoms with E-state index in [9.17, 15) is 14.0 Å². The molecule has 1 heterocycles. The minimum absolute atomic E-state index is 0.117. The molecule has 1 fully saturated rings. The van der Waals surface area contributed by atoms with Gasteiger partial charge in [-0.1, -0.05) is 18.5 Å². The summed E-state index contributed by atoms with van der Waals surface area (Å²) in [4.78, 5) is 29.3. The van der Waals surface area contributed by atoms with Crippen LogP contribution in [0.1, 0.15) is 58.8 Å². The van der Waals surface area contributed by atoms with Crippen LogP contribution in [0.25, 0.3) is 0 Å². The van der Waals surface area contributed by atoms with Gasteiger partial charge in [0, 0.05) is 24.6 Å². The highest BCUT2D eigenvalue weighted by molar-refractivity contribution is 6.32. The summed E-state index contributed by atoms with van der Waals surface area (Å²) in [6.07, 6.45) is 0. The molecule has 0 atom stereocenters. The lowest BCUT2D eigenvalue weighted by molar-refractivity contribution is -0.248. The second-order valence-electron chi connectivity index (χ2n) is 9.79. The molecular weight excluding hydrogens is 401 g/mol. The molecule has 0 aliphatic carbocycles. The maximum absolute atomic E-state index is 14.4. The van der Waals surface area contributed by atoms with Crippen molar-refractivity contribution in [3.05, 3.63) is 28.5 Å². The number of ether oxygens (including phenoxy) is 2. The third-order valence-electron chi connectivity index (χ3n) is 4.16. The van der Waals surface area contributed by atoms with Gasteiger partial charge in [0.2, 0.25) is 0 Å². The van der Waals surface area contributed by atoms with E-state index in [2.05, 4.69) is 0 Å². The van der Waals surface area contributed by atoms with Crippen molar-refractivity contribution in [2.75, 3.05) is 19.7 Å². The topological polar surface area (TPSA) is 65.1 Å². The third kappa shape index (κ3) is 6.31. The average molecular weight is 430 g/mol. The highest BCUT2D eigenvalue weighted by Crippen LogP contribution is 2.34. The molecule has 0 bridgehead atoms. The van der Waals surface area contributed by atoms with Crippen LogP contribution in [0.4, 0.5) is 4.39 Å². The molecule has 0 radical (unpaired) electrons. The molecule has 1 aromatic carbocycles. The van der Waals surface area contributed by atoms with Gasteiger partial charge in [-0.3, -0.25) is 0 Å². The van der Waals surface area contributed by atoms with Gasteiger partial charge in [-0.25, -0.2) is 14.0 Å². The van der Waals surface area contributed by atoms with Gasteiger partial charge in [-0.15, -0.1) is 5.06 Å². The predicted octanol–water partition coefficient (Wildman–Crippen LogP) is 4.64. The van der Waals surface area contributed by atoms with Gasteiger partial charge in [0.1, 0.15) is 17.2 Å². The average Bonchev–Trinajstić information content (AvgIpc) is 2.51. The Morgan fingerprint density at radius 1 is 1.17 bits per heavy atom. The lowest BCUT2D eigenvalue weighted by Crippen LogP contribution is -2.58. The molecule has 1 aliphatic rings. The van der Waals surface area contributed by atoms with Crippen molar-refractivity contribution < 1.29 is 28.3 Å². The second kappa shape index (κ2) is 8.11. The summed E-state index contributed by atoms with van der Waals surface area (Å²) in [5, 5.41) is 1.69. The Labute approximate surface area is 176 Å². The summed E-state index contributed by atoms with van der Waals surface area (Å²) in [5.41, 5.74) is -1.84. The van der Waals surface area contributed by atoms with Crippen LogP contribution in [-0.2, 0) is 14.4 Å². The Balaban J connectivity index is 1.96. The zero-order valence-corrected chi connectivity index (χ0v) is 18.8. The first kappa shape index (κ1) is 23.4. The molecule has 1 saturated heterocycles. The molecule has 1 aliphatic heterocycles. The molecule has 2 rings (SSSR count). The Bertz CT molecular complexity index is 791. The summed E-state index contributed by atoms with van der Waals surface area (Å²) < 4.78 is 25.3. The predicted molar refractivity (Wildman–Crippen MR) is 107 cm³/mol. The summed E-state index contributed by atoms with van der Waals surface area (Å²) in [6.45, 7) is 13.7. The lowest BCUT2D eigenvalue weighted by Gasteiger charge is -2.46. The number of rotatable bonds is 5. The maximum atomic E-state index is 14.4. The molecule has 162 valence electrons. The first-order chi connectivity index (χ1) is 13.1. The number of hydrogen-bond donors (Lipinski definition) is 0. The van der Waals surface area contributed by atoms with Crippen LogP contribution >= 0.6 is 11.6 Å². The van der Waals surface area contributed by atoms with Crippen molar-refractivity contribution in [1.82, 2.24) is 5.06 Å². The van der Waals surface area contributed by atoms with E-state index in [4.69, 9.17) is 25.9 Å². The van der Waals surface area contributed by atoms with Crippen LogP contribution in [0.2, 0.25) is 5.02 Å². The molecule has 1 aromatic rings. The van der Waals surface area contributed by atoms with Crippen LogP contribution in [-0.4, -0.2) is 42.3 Å². The van der Waals surface area contributed by atoms with Crippen molar-refractivity contribution in [3.63, 3.8) is 0 Å². The SMILES string of the molecule is CC1(COc2cc(F)c(C(=O)OC(C)(C)C)cc2Cl)CN(OC(=O)C(C)(C)C)C1. The van der Waals surface area contributed by atoms with Crippen LogP contribution in [0.5, 0.6) is 5.75 Å². The summed E-state index contributed by atoms with van der Waals surface area (Å²) >= 11 is 6.18. The number of carbonyl (C=O) groups is 2. The Hall–Kier alpha value is -1.86. The summed E-state index contributed by atoms with van der Waals surface area (Å²) in [5.74, 6) is -1.71. The number of carbonyl (C=O) groups excluding carboxylic acids is 2. The van der Waals surface area contributed by atoms with Gasteiger partial charge in [-0.05, 0) is 47.6 Å². The molecule has 0 aromatic heterocycles. The Kier molecular flexibility index (Phi) is 6.55. The van der Waals surface area contributed by atoms with Gasteiger partial charge in [0.05, 0.1) is 22.6 Å². The van der Waals surface area contributed by atoms with E-state index in [0.29, 0.717) is 13.1 Å². The number of halogens is 2. The monoisotopic (exact) mass is 429 g/mol. The van der Waals surface area contributed by atoms with Crippen molar-refractivity contribution in [2.45, 2.75) is 54.1 Å². The van der Waals surface area contributed by atoms with Crippen LogP contribution < -0.4 is 4.74 Å². The molecule has 0 N–H and O–H groups in total. The van der Waals surface area contributed by atoms with Crippen molar-refractivity contribution in [2.24, 2.45) is 10.8 Å². The molecule has 8 heteroatoms. The van der Waals surface area contributed by atoms with Crippen molar-refractivity contribution in [3.8, 4) is 5.75 Å². The number of hydrogen-bond acceptors (Lipinski definition) is 6. The molecule has 0 spiro atoms. The fourth-order valence-corrected chi connectivity index (χ4v) is 2.81. The van der Waals surface area contributed by atoms with E-state index in [0.717, 1.165) is 6.07 Å². The number of nitrogens with zero attached hydrogens (tertiary/aromatic N) is 1. The first-order valence-electron chi connectivity index (χ1n) is 9.42. The van der Waals surface area contributed by atoms with Crippen molar-refractivity contribution in [1.29, 1.82) is 0 Å². The summed E-state index contributed by atoms with van der Waals surface area (Å²) in [7, 11) is 0. The van der Waals surface area contributed by atoms with Crippen LogP contribution in [0.15, 0.2) is 12.1 Å². The summed E-state index contributed by atoms with van der Waals surface area (Å²) in [6, 6.07) is 2.29. The van der Waals surface area contributed by atoms with E-state index in [1.807, 2.05) is 6.92 Å². The van der Waals surface area contributed by atoms with Crippen LogP contribution in [0, 0.1) is 16.6 Å². The van der Waals surface area contributed by atoms with Gasteiger partial charge in [-0.2, -0.15) is 0 Å². The number of hydroxylamine groups is 2. The smallest absolute Gasteiger partial charge is 0.341 e. The molecule has 6 nitrogen and oxygen atoms in total. The molecule has 0 unspecified atom stereocenters. The number of esters is 1. The highest BCUT2D eigenvalue weighted by atomic mass is 35.5. The second-order valence-corrected chi connectivity index (χ2v) is 10.2. The Morgan fingerprint density at radius 3 is 2.28 bits per heavy atom. The fourth-order valence-electron chi connectivity index (χ4n) is 2.60. The minimum atomic E-state index is -0.786. The number of benzene rings is 1. The van der Waals surface area contributed by atoms with E-state index in [1.165, 1.54) is 6.07 Å².